The minimum Gasteiger partial charge on any atom is -0.397 e. The number of amides is 1. The van der Waals surface area contributed by atoms with Crippen LogP contribution in [0.4, 0.5) is 5.69 Å². The van der Waals surface area contributed by atoms with E-state index >= 15 is 0 Å². The zero-order valence-electron chi connectivity index (χ0n) is 11.7. The maximum atomic E-state index is 12.6. The van der Waals surface area contributed by atoms with Crippen molar-refractivity contribution in [1.82, 2.24) is 15.2 Å². The van der Waals surface area contributed by atoms with Crippen LogP contribution >= 0.6 is 11.3 Å². The number of nitrogens with zero attached hydrogens (tertiary/aromatic N) is 2. The van der Waals surface area contributed by atoms with E-state index in [1.165, 1.54) is 11.3 Å². The van der Waals surface area contributed by atoms with E-state index in [0.717, 1.165) is 47.7 Å². The summed E-state index contributed by atoms with van der Waals surface area (Å²) in [5.74, 6) is 0.0315. The van der Waals surface area contributed by atoms with Gasteiger partial charge >= 0.3 is 0 Å². The van der Waals surface area contributed by atoms with Gasteiger partial charge in [0.2, 0.25) is 0 Å². The monoisotopic (exact) mass is 290 g/mol. The molecule has 1 amide bonds. The second-order valence-electron chi connectivity index (χ2n) is 5.15. The first-order chi connectivity index (χ1) is 9.58. The number of pyridine rings is 1. The summed E-state index contributed by atoms with van der Waals surface area (Å²) >= 11 is 1.41. The highest BCUT2D eigenvalue weighted by Crippen LogP contribution is 2.35. The standard InChI is InChI=1S/C14H18N4OS/c1-8-7-9(2)17-13-10(8)11(15)12(20-13)14(19)18-5-3-16-4-6-18/h7,16H,3-6,15H2,1-2H3. The first-order valence-corrected chi connectivity index (χ1v) is 7.56. The number of nitrogens with one attached hydrogen (secondary N) is 1. The van der Waals surface area contributed by atoms with Crippen LogP contribution in [0.1, 0.15) is 20.9 Å². The molecule has 0 saturated carbocycles. The predicted molar refractivity (Wildman–Crippen MR) is 82.3 cm³/mol. The fourth-order valence-corrected chi connectivity index (χ4v) is 3.82. The zero-order valence-corrected chi connectivity index (χ0v) is 12.5. The Morgan fingerprint density at radius 2 is 2.10 bits per heavy atom. The summed E-state index contributed by atoms with van der Waals surface area (Å²) in [6.45, 7) is 7.12. The van der Waals surface area contributed by atoms with Gasteiger partial charge in [-0.25, -0.2) is 4.98 Å². The van der Waals surface area contributed by atoms with E-state index in [1.54, 1.807) is 0 Å². The molecule has 6 heteroatoms. The molecular weight excluding hydrogens is 272 g/mol. The van der Waals surface area contributed by atoms with E-state index in [1.807, 2.05) is 24.8 Å². The van der Waals surface area contributed by atoms with Gasteiger partial charge < -0.3 is 16.0 Å². The van der Waals surface area contributed by atoms with Crippen molar-refractivity contribution in [2.24, 2.45) is 0 Å². The minimum atomic E-state index is 0.0315. The molecule has 0 atom stereocenters. The normalized spacial score (nSPS) is 15.8. The first-order valence-electron chi connectivity index (χ1n) is 6.74. The van der Waals surface area contributed by atoms with Crippen molar-refractivity contribution < 1.29 is 4.79 Å². The number of aromatic nitrogens is 1. The van der Waals surface area contributed by atoms with E-state index in [4.69, 9.17) is 5.73 Å². The van der Waals surface area contributed by atoms with Gasteiger partial charge in [-0.05, 0) is 25.5 Å². The molecule has 1 aliphatic rings. The lowest BCUT2D eigenvalue weighted by atomic mass is 10.1. The molecule has 3 N–H and O–H groups in total. The molecule has 2 aromatic heterocycles. The van der Waals surface area contributed by atoms with Crippen LogP contribution in [0.5, 0.6) is 0 Å². The molecule has 0 bridgehead atoms. The average molecular weight is 290 g/mol. The van der Waals surface area contributed by atoms with Gasteiger partial charge in [-0.2, -0.15) is 0 Å². The summed E-state index contributed by atoms with van der Waals surface area (Å²) in [4.78, 5) is 20.4. The Labute approximate surface area is 121 Å². The van der Waals surface area contributed by atoms with Crippen molar-refractivity contribution in [3.8, 4) is 0 Å². The number of anilines is 1. The number of thiophene rings is 1. The van der Waals surface area contributed by atoms with Crippen LogP contribution in [0.25, 0.3) is 10.2 Å². The summed E-state index contributed by atoms with van der Waals surface area (Å²) < 4.78 is 0. The predicted octanol–water partition coefficient (Wildman–Crippen LogP) is 1.54. The number of hydrogen-bond donors (Lipinski definition) is 2. The largest absolute Gasteiger partial charge is 0.397 e. The lowest BCUT2D eigenvalue weighted by Gasteiger charge is -2.27. The van der Waals surface area contributed by atoms with Crippen molar-refractivity contribution in [3.63, 3.8) is 0 Å². The Hall–Kier alpha value is -1.66. The summed E-state index contributed by atoms with van der Waals surface area (Å²) in [6.07, 6.45) is 0. The van der Waals surface area contributed by atoms with Crippen LogP contribution in [-0.4, -0.2) is 42.0 Å². The fraction of sp³-hybridized carbons (Fsp3) is 0.429. The van der Waals surface area contributed by atoms with Crippen LogP contribution in [0, 0.1) is 13.8 Å². The highest BCUT2D eigenvalue weighted by Gasteiger charge is 2.24. The molecule has 20 heavy (non-hydrogen) atoms. The quantitative estimate of drug-likeness (QED) is 0.836. The first kappa shape index (κ1) is 13.3. The third kappa shape index (κ3) is 2.14. The summed E-state index contributed by atoms with van der Waals surface area (Å²) in [5.41, 5.74) is 8.83. The van der Waals surface area contributed by atoms with Crippen molar-refractivity contribution in [2.75, 3.05) is 31.9 Å². The smallest absolute Gasteiger partial charge is 0.266 e. The number of hydrogen-bond acceptors (Lipinski definition) is 5. The molecule has 1 aliphatic heterocycles. The number of rotatable bonds is 1. The lowest BCUT2D eigenvalue weighted by Crippen LogP contribution is -2.46. The van der Waals surface area contributed by atoms with Crippen molar-refractivity contribution in [2.45, 2.75) is 13.8 Å². The maximum absolute atomic E-state index is 12.6. The molecule has 0 spiro atoms. The Morgan fingerprint density at radius 3 is 2.80 bits per heavy atom. The second kappa shape index (κ2) is 5.03. The van der Waals surface area contributed by atoms with Crippen LogP contribution in [-0.2, 0) is 0 Å². The third-order valence-corrected chi connectivity index (χ3v) is 4.71. The van der Waals surface area contributed by atoms with Crippen molar-refractivity contribution in [1.29, 1.82) is 0 Å². The summed E-state index contributed by atoms with van der Waals surface area (Å²) in [6, 6.07) is 2.00. The van der Waals surface area contributed by atoms with Gasteiger partial charge in [0, 0.05) is 37.3 Å². The Morgan fingerprint density at radius 1 is 1.40 bits per heavy atom. The summed E-state index contributed by atoms with van der Waals surface area (Å²) in [5, 5.41) is 4.17. The highest BCUT2D eigenvalue weighted by molar-refractivity contribution is 7.21. The Bertz CT molecular complexity index is 673. The molecule has 3 rings (SSSR count). The van der Waals surface area contributed by atoms with Crippen LogP contribution in [0.15, 0.2) is 6.07 Å². The molecule has 0 aliphatic carbocycles. The third-order valence-electron chi connectivity index (χ3n) is 3.62. The van der Waals surface area contributed by atoms with Crippen molar-refractivity contribution in [3.05, 3.63) is 22.2 Å². The molecule has 106 valence electrons. The highest BCUT2D eigenvalue weighted by atomic mass is 32.1. The molecule has 5 nitrogen and oxygen atoms in total. The molecule has 0 unspecified atom stereocenters. The van der Waals surface area contributed by atoms with Crippen molar-refractivity contribution >= 4 is 33.1 Å². The van der Waals surface area contributed by atoms with E-state index in [0.29, 0.717) is 10.6 Å². The van der Waals surface area contributed by atoms with Gasteiger partial charge in [0.25, 0.3) is 5.91 Å². The van der Waals surface area contributed by atoms with Gasteiger partial charge in [-0.15, -0.1) is 11.3 Å². The van der Waals surface area contributed by atoms with Crippen LogP contribution in [0.3, 0.4) is 0 Å². The van der Waals surface area contributed by atoms with E-state index in [2.05, 4.69) is 10.3 Å². The van der Waals surface area contributed by atoms with E-state index < -0.39 is 0 Å². The number of carbonyl (C=O) groups is 1. The number of piperazine rings is 1. The number of nitrogens with two attached hydrogens (primary N) is 1. The molecule has 3 heterocycles. The number of nitrogen functional groups attached to an aromatic ring is 1. The number of fused-ring (bicyclic) bond motifs is 1. The number of carbonyl (C=O) groups excluding carboxylic acids is 1. The van der Waals surface area contributed by atoms with Gasteiger partial charge in [0.1, 0.15) is 9.71 Å². The zero-order chi connectivity index (χ0) is 14.3. The van der Waals surface area contributed by atoms with Gasteiger partial charge in [-0.3, -0.25) is 4.79 Å². The molecule has 0 aromatic carbocycles. The van der Waals surface area contributed by atoms with Gasteiger partial charge in [0.05, 0.1) is 5.69 Å². The number of aryl methyl sites for hydroxylation is 2. The van der Waals surface area contributed by atoms with E-state index in [9.17, 15) is 4.79 Å². The SMILES string of the molecule is Cc1cc(C)c2c(N)c(C(=O)N3CCNCC3)sc2n1. The van der Waals surface area contributed by atoms with Crippen LogP contribution in [0.2, 0.25) is 0 Å². The topological polar surface area (TPSA) is 71.2 Å². The maximum Gasteiger partial charge on any atom is 0.266 e. The molecule has 2 aromatic rings. The molecule has 1 saturated heterocycles. The van der Waals surface area contributed by atoms with E-state index in [-0.39, 0.29) is 5.91 Å². The van der Waals surface area contributed by atoms with Gasteiger partial charge in [0.15, 0.2) is 0 Å². The average Bonchev–Trinajstić information content (AvgIpc) is 2.76. The lowest BCUT2D eigenvalue weighted by molar-refractivity contribution is 0.0741. The second-order valence-corrected chi connectivity index (χ2v) is 6.15. The van der Waals surface area contributed by atoms with Crippen LogP contribution < -0.4 is 11.1 Å². The fourth-order valence-electron chi connectivity index (χ4n) is 2.64. The van der Waals surface area contributed by atoms with Gasteiger partial charge in [-0.1, -0.05) is 0 Å². The molecule has 1 fully saturated rings. The minimum absolute atomic E-state index is 0.0315. The summed E-state index contributed by atoms with van der Waals surface area (Å²) in [7, 11) is 0. The Balaban J connectivity index is 2.05. The molecular formula is C14H18N4OS. The Kier molecular flexibility index (Phi) is 3.35. The molecule has 0 radical (unpaired) electrons.